The molecule has 0 saturated carbocycles. The summed E-state index contributed by atoms with van der Waals surface area (Å²) in [5.74, 6) is 1.18. The van der Waals surface area contributed by atoms with Crippen LogP contribution in [-0.2, 0) is 4.79 Å². The van der Waals surface area contributed by atoms with E-state index in [4.69, 9.17) is 0 Å². The zero-order chi connectivity index (χ0) is 10.3. The molecule has 2 N–H and O–H groups in total. The Hall–Kier alpha value is -0.220. The quantitative estimate of drug-likeness (QED) is 0.674. The number of thioether (sulfide) groups is 1. The topological polar surface area (TPSA) is 41.1 Å². The highest BCUT2D eigenvalue weighted by atomic mass is 32.2. The first-order valence-electron chi connectivity index (χ1n) is 4.55. The van der Waals surface area contributed by atoms with Gasteiger partial charge in [-0.25, -0.2) is 0 Å². The van der Waals surface area contributed by atoms with Crippen LogP contribution in [0.3, 0.4) is 0 Å². The van der Waals surface area contributed by atoms with Crippen LogP contribution in [0.15, 0.2) is 0 Å². The number of nitrogens with one attached hydrogen (secondary N) is 2. The molecule has 4 heteroatoms. The maximum atomic E-state index is 11.0. The standard InChI is InChI=1S/C9H20N2OS/c1-7(5-9(12)10-3)11-8(2)6-13-4/h7-8,11H,5-6H2,1-4H3,(H,10,12). The van der Waals surface area contributed by atoms with E-state index in [1.165, 1.54) is 0 Å². The average Bonchev–Trinajstić information content (AvgIpc) is 2.04. The molecule has 0 rings (SSSR count). The summed E-state index contributed by atoms with van der Waals surface area (Å²) in [5.41, 5.74) is 0. The van der Waals surface area contributed by atoms with Crippen molar-refractivity contribution in [1.82, 2.24) is 10.6 Å². The second-order valence-corrected chi connectivity index (χ2v) is 4.21. The van der Waals surface area contributed by atoms with Crippen LogP contribution in [0.25, 0.3) is 0 Å². The van der Waals surface area contributed by atoms with Crippen molar-refractivity contribution in [2.24, 2.45) is 0 Å². The van der Waals surface area contributed by atoms with Crippen LogP contribution in [0.5, 0.6) is 0 Å². The molecule has 0 aromatic carbocycles. The number of hydrogen-bond donors (Lipinski definition) is 2. The Morgan fingerprint density at radius 1 is 1.38 bits per heavy atom. The lowest BCUT2D eigenvalue weighted by Gasteiger charge is -2.18. The number of carbonyl (C=O) groups is 1. The summed E-state index contributed by atoms with van der Waals surface area (Å²) < 4.78 is 0. The molecule has 0 saturated heterocycles. The number of carbonyl (C=O) groups excluding carboxylic acids is 1. The monoisotopic (exact) mass is 204 g/mol. The molecule has 0 aliphatic rings. The van der Waals surface area contributed by atoms with Gasteiger partial charge in [0, 0.05) is 31.3 Å². The van der Waals surface area contributed by atoms with E-state index in [-0.39, 0.29) is 11.9 Å². The first-order chi connectivity index (χ1) is 6.10. The maximum Gasteiger partial charge on any atom is 0.221 e. The molecule has 2 unspecified atom stereocenters. The summed E-state index contributed by atoms with van der Waals surface area (Å²) in [6, 6.07) is 0.719. The molecule has 0 aliphatic carbocycles. The minimum atomic E-state index is 0.0938. The Morgan fingerprint density at radius 2 is 2.00 bits per heavy atom. The van der Waals surface area contributed by atoms with E-state index in [1.54, 1.807) is 7.05 Å². The molecule has 0 bridgehead atoms. The fraction of sp³-hybridized carbons (Fsp3) is 0.889. The Bertz CT molecular complexity index is 153. The van der Waals surface area contributed by atoms with Crippen LogP contribution in [0, 0.1) is 0 Å². The molecule has 0 fully saturated rings. The second kappa shape index (κ2) is 7.21. The third kappa shape index (κ3) is 6.90. The van der Waals surface area contributed by atoms with Crippen LogP contribution in [-0.4, -0.2) is 37.0 Å². The summed E-state index contributed by atoms with van der Waals surface area (Å²) in [6.07, 6.45) is 2.64. The number of rotatable bonds is 6. The highest BCUT2D eigenvalue weighted by Gasteiger charge is 2.09. The van der Waals surface area contributed by atoms with Gasteiger partial charge in [0.1, 0.15) is 0 Å². The van der Waals surface area contributed by atoms with Gasteiger partial charge in [0.05, 0.1) is 0 Å². The van der Waals surface area contributed by atoms with Crippen molar-refractivity contribution >= 4 is 17.7 Å². The van der Waals surface area contributed by atoms with Crippen molar-refractivity contribution in [2.75, 3.05) is 19.1 Å². The zero-order valence-electron chi connectivity index (χ0n) is 8.89. The van der Waals surface area contributed by atoms with Crippen LogP contribution in [0.4, 0.5) is 0 Å². The Balaban J connectivity index is 3.60. The van der Waals surface area contributed by atoms with Gasteiger partial charge in [0.15, 0.2) is 0 Å². The molecule has 13 heavy (non-hydrogen) atoms. The van der Waals surface area contributed by atoms with Crippen LogP contribution in [0.2, 0.25) is 0 Å². The molecule has 0 aliphatic heterocycles. The molecule has 3 nitrogen and oxygen atoms in total. The molecule has 0 aromatic heterocycles. The van der Waals surface area contributed by atoms with Crippen molar-refractivity contribution in [3.05, 3.63) is 0 Å². The van der Waals surface area contributed by atoms with Gasteiger partial charge in [-0.2, -0.15) is 11.8 Å². The number of hydrogen-bond acceptors (Lipinski definition) is 3. The second-order valence-electron chi connectivity index (χ2n) is 3.30. The normalized spacial score (nSPS) is 15.1. The van der Waals surface area contributed by atoms with E-state index in [1.807, 2.05) is 18.7 Å². The third-order valence-corrected chi connectivity index (χ3v) is 2.59. The van der Waals surface area contributed by atoms with Crippen molar-refractivity contribution < 1.29 is 4.79 Å². The zero-order valence-corrected chi connectivity index (χ0v) is 9.70. The maximum absolute atomic E-state index is 11.0. The average molecular weight is 204 g/mol. The molecule has 1 amide bonds. The molecule has 0 heterocycles. The molecule has 0 radical (unpaired) electrons. The Kier molecular flexibility index (Phi) is 7.09. The molecule has 0 aromatic rings. The van der Waals surface area contributed by atoms with Gasteiger partial charge in [0.2, 0.25) is 5.91 Å². The lowest BCUT2D eigenvalue weighted by molar-refractivity contribution is -0.121. The predicted molar refractivity (Wildman–Crippen MR) is 59.1 cm³/mol. The van der Waals surface area contributed by atoms with Crippen molar-refractivity contribution in [2.45, 2.75) is 32.4 Å². The minimum Gasteiger partial charge on any atom is -0.359 e. The lowest BCUT2D eigenvalue weighted by Crippen LogP contribution is -2.39. The summed E-state index contributed by atoms with van der Waals surface area (Å²) in [4.78, 5) is 11.0. The molecular formula is C9H20N2OS. The van der Waals surface area contributed by atoms with Crippen LogP contribution < -0.4 is 10.6 Å². The largest absolute Gasteiger partial charge is 0.359 e. The Labute approximate surface area is 85.0 Å². The fourth-order valence-electron chi connectivity index (χ4n) is 1.22. The van der Waals surface area contributed by atoms with E-state index in [9.17, 15) is 4.79 Å². The van der Waals surface area contributed by atoms with Gasteiger partial charge in [-0.05, 0) is 20.1 Å². The third-order valence-electron chi connectivity index (χ3n) is 1.76. The first kappa shape index (κ1) is 12.8. The van der Waals surface area contributed by atoms with Gasteiger partial charge >= 0.3 is 0 Å². The van der Waals surface area contributed by atoms with E-state index in [2.05, 4.69) is 23.8 Å². The smallest absolute Gasteiger partial charge is 0.221 e. The van der Waals surface area contributed by atoms with Gasteiger partial charge in [0.25, 0.3) is 0 Å². The molecule has 2 atom stereocenters. The van der Waals surface area contributed by atoms with Crippen LogP contribution >= 0.6 is 11.8 Å². The fourth-order valence-corrected chi connectivity index (χ4v) is 1.82. The lowest BCUT2D eigenvalue weighted by atomic mass is 10.2. The highest BCUT2D eigenvalue weighted by Crippen LogP contribution is 1.99. The molecule has 78 valence electrons. The van der Waals surface area contributed by atoms with E-state index in [0.29, 0.717) is 12.5 Å². The van der Waals surface area contributed by atoms with Crippen molar-refractivity contribution in [1.29, 1.82) is 0 Å². The highest BCUT2D eigenvalue weighted by molar-refractivity contribution is 7.98. The summed E-state index contributed by atoms with van der Waals surface area (Å²) >= 11 is 1.81. The summed E-state index contributed by atoms with van der Waals surface area (Å²) in [7, 11) is 1.67. The van der Waals surface area contributed by atoms with Gasteiger partial charge < -0.3 is 10.6 Å². The van der Waals surface area contributed by atoms with E-state index in [0.717, 1.165) is 5.75 Å². The van der Waals surface area contributed by atoms with E-state index >= 15 is 0 Å². The molecular weight excluding hydrogens is 184 g/mol. The molecule has 0 spiro atoms. The summed E-state index contributed by atoms with van der Waals surface area (Å²) in [5, 5.41) is 5.98. The van der Waals surface area contributed by atoms with Gasteiger partial charge in [-0.3, -0.25) is 4.79 Å². The first-order valence-corrected chi connectivity index (χ1v) is 5.95. The van der Waals surface area contributed by atoms with E-state index < -0.39 is 0 Å². The summed E-state index contributed by atoms with van der Waals surface area (Å²) in [6.45, 7) is 4.17. The minimum absolute atomic E-state index is 0.0938. The van der Waals surface area contributed by atoms with Crippen molar-refractivity contribution in [3.63, 3.8) is 0 Å². The van der Waals surface area contributed by atoms with Gasteiger partial charge in [-0.15, -0.1) is 0 Å². The predicted octanol–water partition coefficient (Wildman–Crippen LogP) is 0.852. The SMILES string of the molecule is CNC(=O)CC(C)NC(C)CSC. The van der Waals surface area contributed by atoms with Gasteiger partial charge in [-0.1, -0.05) is 0 Å². The van der Waals surface area contributed by atoms with Crippen molar-refractivity contribution in [3.8, 4) is 0 Å². The Morgan fingerprint density at radius 3 is 2.46 bits per heavy atom. The van der Waals surface area contributed by atoms with Crippen LogP contribution in [0.1, 0.15) is 20.3 Å². The number of amides is 1.